The van der Waals surface area contributed by atoms with Crippen LogP contribution in [0.25, 0.3) is 0 Å². The third-order valence-electron chi connectivity index (χ3n) is 4.20. The van der Waals surface area contributed by atoms with Gasteiger partial charge in [0.1, 0.15) is 5.82 Å². The van der Waals surface area contributed by atoms with E-state index in [-0.39, 0.29) is 17.1 Å². The Morgan fingerprint density at radius 3 is 2.33 bits per heavy atom. The monoisotopic (exact) mass is 290 g/mol. The zero-order chi connectivity index (χ0) is 15.8. The lowest BCUT2D eigenvalue weighted by Crippen LogP contribution is -2.41. The van der Waals surface area contributed by atoms with Gasteiger partial charge in [-0.05, 0) is 40.2 Å². The van der Waals surface area contributed by atoms with Crippen LogP contribution in [0, 0.1) is 6.92 Å². The van der Waals surface area contributed by atoms with Crippen molar-refractivity contribution in [1.29, 1.82) is 0 Å². The van der Waals surface area contributed by atoms with Crippen molar-refractivity contribution in [2.24, 2.45) is 0 Å². The van der Waals surface area contributed by atoms with Crippen LogP contribution in [-0.4, -0.2) is 29.2 Å². The number of nitrogens with zero attached hydrogens (tertiary/aromatic N) is 1. The normalized spacial score (nSPS) is 19.6. The Balaban J connectivity index is 2.20. The van der Waals surface area contributed by atoms with Gasteiger partial charge in [-0.15, -0.1) is 0 Å². The smallest absolute Gasteiger partial charge is 0.399 e. The predicted molar refractivity (Wildman–Crippen MR) is 83.6 cm³/mol. The Hall–Kier alpha value is -1.40. The molecule has 0 radical (unpaired) electrons. The summed E-state index contributed by atoms with van der Waals surface area (Å²) in [5.41, 5.74) is 1.01. The number of carbonyl (C=O) groups excluding carboxylic acids is 1. The number of amides is 1. The van der Waals surface area contributed by atoms with E-state index in [0.717, 1.165) is 11.0 Å². The SMILES string of the molecule is CCC(=O)Nc1ncc(B2OC(C)(C)C(C)(C)O2)cc1C. The Kier molecular flexibility index (Phi) is 4.13. The summed E-state index contributed by atoms with van der Waals surface area (Å²) in [5, 5.41) is 2.78. The van der Waals surface area contributed by atoms with Gasteiger partial charge in [-0.2, -0.15) is 0 Å². The minimum absolute atomic E-state index is 0.0472. The Labute approximate surface area is 126 Å². The summed E-state index contributed by atoms with van der Waals surface area (Å²) in [6, 6.07) is 1.94. The fourth-order valence-electron chi connectivity index (χ4n) is 2.06. The Morgan fingerprint density at radius 1 is 1.29 bits per heavy atom. The first-order chi connectivity index (χ1) is 9.66. The van der Waals surface area contributed by atoms with Crippen molar-refractivity contribution in [3.63, 3.8) is 0 Å². The van der Waals surface area contributed by atoms with Crippen molar-refractivity contribution in [2.45, 2.75) is 59.2 Å². The fraction of sp³-hybridized carbons (Fsp3) is 0.600. The molecule has 1 aliphatic heterocycles. The molecular weight excluding hydrogens is 267 g/mol. The highest BCUT2D eigenvalue weighted by Gasteiger charge is 2.51. The van der Waals surface area contributed by atoms with Gasteiger partial charge in [0.05, 0.1) is 11.2 Å². The molecule has 0 aliphatic carbocycles. The third-order valence-corrected chi connectivity index (χ3v) is 4.20. The lowest BCUT2D eigenvalue weighted by molar-refractivity contribution is -0.115. The predicted octanol–water partition coefficient (Wildman–Crippen LogP) is 2.04. The number of aryl methyl sites for hydroxylation is 1. The average molecular weight is 290 g/mol. The van der Waals surface area contributed by atoms with Crippen LogP contribution in [-0.2, 0) is 14.1 Å². The van der Waals surface area contributed by atoms with Gasteiger partial charge in [-0.1, -0.05) is 13.0 Å². The minimum atomic E-state index is -0.433. The molecule has 5 nitrogen and oxygen atoms in total. The first-order valence-electron chi connectivity index (χ1n) is 7.28. The van der Waals surface area contributed by atoms with Gasteiger partial charge in [0.15, 0.2) is 0 Å². The number of hydrogen-bond donors (Lipinski definition) is 1. The summed E-state index contributed by atoms with van der Waals surface area (Å²) >= 11 is 0. The van der Waals surface area contributed by atoms with E-state index in [1.807, 2.05) is 47.6 Å². The molecule has 0 atom stereocenters. The maximum atomic E-state index is 11.4. The quantitative estimate of drug-likeness (QED) is 0.865. The van der Waals surface area contributed by atoms with E-state index in [9.17, 15) is 4.79 Å². The van der Waals surface area contributed by atoms with E-state index in [0.29, 0.717) is 12.2 Å². The number of aromatic nitrogens is 1. The van der Waals surface area contributed by atoms with Gasteiger partial charge in [-0.3, -0.25) is 4.79 Å². The zero-order valence-corrected chi connectivity index (χ0v) is 13.6. The summed E-state index contributed by atoms with van der Waals surface area (Å²) in [5.74, 6) is 0.538. The molecule has 0 unspecified atom stereocenters. The highest BCUT2D eigenvalue weighted by molar-refractivity contribution is 6.62. The molecule has 0 spiro atoms. The van der Waals surface area contributed by atoms with Gasteiger partial charge in [0.25, 0.3) is 0 Å². The van der Waals surface area contributed by atoms with Crippen LogP contribution in [0.15, 0.2) is 12.3 Å². The lowest BCUT2D eigenvalue weighted by Gasteiger charge is -2.32. The molecule has 1 saturated heterocycles. The summed E-state index contributed by atoms with van der Waals surface area (Å²) in [4.78, 5) is 15.8. The van der Waals surface area contributed by atoms with Crippen molar-refractivity contribution >= 4 is 24.3 Å². The number of carbonyl (C=O) groups is 1. The highest BCUT2D eigenvalue weighted by Crippen LogP contribution is 2.36. The second-order valence-electron chi connectivity index (χ2n) is 6.42. The van der Waals surface area contributed by atoms with Gasteiger partial charge in [0, 0.05) is 18.1 Å². The van der Waals surface area contributed by atoms with E-state index in [2.05, 4.69) is 10.3 Å². The molecule has 0 aromatic carbocycles. The van der Waals surface area contributed by atoms with Crippen molar-refractivity contribution in [3.05, 3.63) is 17.8 Å². The maximum absolute atomic E-state index is 11.4. The summed E-state index contributed by atoms with van der Waals surface area (Å²) < 4.78 is 12.0. The molecule has 1 aromatic heterocycles. The molecule has 1 N–H and O–H groups in total. The van der Waals surface area contributed by atoms with E-state index in [1.165, 1.54) is 0 Å². The van der Waals surface area contributed by atoms with E-state index < -0.39 is 7.12 Å². The second kappa shape index (κ2) is 5.42. The van der Waals surface area contributed by atoms with Crippen molar-refractivity contribution < 1.29 is 14.1 Å². The van der Waals surface area contributed by atoms with Gasteiger partial charge >= 0.3 is 7.12 Å². The van der Waals surface area contributed by atoms with Crippen LogP contribution >= 0.6 is 0 Å². The van der Waals surface area contributed by atoms with Gasteiger partial charge in [-0.25, -0.2) is 4.98 Å². The summed E-state index contributed by atoms with van der Waals surface area (Å²) in [6.45, 7) is 11.8. The zero-order valence-electron chi connectivity index (χ0n) is 13.6. The molecule has 1 aliphatic rings. The van der Waals surface area contributed by atoms with Crippen molar-refractivity contribution in [1.82, 2.24) is 4.98 Å². The molecule has 6 heteroatoms. The molecule has 114 valence electrons. The van der Waals surface area contributed by atoms with Gasteiger partial charge < -0.3 is 14.6 Å². The van der Waals surface area contributed by atoms with Crippen LogP contribution in [0.3, 0.4) is 0 Å². The highest BCUT2D eigenvalue weighted by atomic mass is 16.7. The molecule has 21 heavy (non-hydrogen) atoms. The van der Waals surface area contributed by atoms with E-state index >= 15 is 0 Å². The van der Waals surface area contributed by atoms with Crippen LogP contribution in [0.4, 0.5) is 5.82 Å². The molecule has 2 rings (SSSR count). The van der Waals surface area contributed by atoms with Crippen LogP contribution < -0.4 is 10.8 Å². The van der Waals surface area contributed by atoms with Crippen LogP contribution in [0.1, 0.15) is 46.6 Å². The van der Waals surface area contributed by atoms with E-state index in [4.69, 9.17) is 9.31 Å². The molecule has 1 fully saturated rings. The number of nitrogens with one attached hydrogen (secondary N) is 1. The van der Waals surface area contributed by atoms with Crippen molar-refractivity contribution in [2.75, 3.05) is 5.32 Å². The number of hydrogen-bond acceptors (Lipinski definition) is 4. The first-order valence-corrected chi connectivity index (χ1v) is 7.28. The van der Waals surface area contributed by atoms with Gasteiger partial charge in [0.2, 0.25) is 5.91 Å². The molecule has 2 heterocycles. The number of rotatable bonds is 3. The molecule has 1 aromatic rings. The number of anilines is 1. The molecular formula is C15H23BN2O3. The summed E-state index contributed by atoms with van der Waals surface area (Å²) in [7, 11) is -0.433. The molecule has 1 amide bonds. The Morgan fingerprint density at radius 2 is 1.86 bits per heavy atom. The van der Waals surface area contributed by atoms with Crippen LogP contribution in [0.2, 0.25) is 0 Å². The van der Waals surface area contributed by atoms with Crippen LogP contribution in [0.5, 0.6) is 0 Å². The average Bonchev–Trinajstić information content (AvgIpc) is 2.60. The number of pyridine rings is 1. The minimum Gasteiger partial charge on any atom is -0.399 e. The topological polar surface area (TPSA) is 60.5 Å². The second-order valence-corrected chi connectivity index (χ2v) is 6.42. The largest absolute Gasteiger partial charge is 0.496 e. The molecule has 0 saturated carbocycles. The molecule has 0 bridgehead atoms. The van der Waals surface area contributed by atoms with E-state index in [1.54, 1.807) is 6.20 Å². The third kappa shape index (κ3) is 3.11. The first kappa shape index (κ1) is 16.0. The maximum Gasteiger partial charge on any atom is 0.496 e. The lowest BCUT2D eigenvalue weighted by atomic mass is 9.80. The summed E-state index contributed by atoms with van der Waals surface area (Å²) in [6.07, 6.45) is 2.13. The standard InChI is InChI=1S/C15H23BN2O3/c1-7-12(19)18-13-10(2)8-11(9-17-13)16-20-14(3,4)15(5,6)21-16/h8-9H,7H2,1-6H3,(H,17,18,19). The fourth-order valence-corrected chi connectivity index (χ4v) is 2.06. The van der Waals surface area contributed by atoms with Crippen molar-refractivity contribution in [3.8, 4) is 0 Å². The Bertz CT molecular complexity index is 542.